The van der Waals surface area contributed by atoms with Crippen LogP contribution in [-0.2, 0) is 0 Å². The number of aromatic nitrogens is 3. The third kappa shape index (κ3) is 2.41. The standard InChI is InChI=1S/C12H14N4O2S/c1-7-6-8(4-5-9(7)18-2)10-11(17)16(13)12(19-3)15-14-10/h4-6H,13H2,1-3H3. The maximum absolute atomic E-state index is 12.1. The number of hydrogen-bond donors (Lipinski definition) is 1. The quantitative estimate of drug-likeness (QED) is 0.667. The molecule has 0 unspecified atom stereocenters. The molecule has 0 spiro atoms. The Balaban J connectivity index is 2.57. The molecule has 0 saturated carbocycles. The van der Waals surface area contributed by atoms with E-state index in [1.807, 2.05) is 13.0 Å². The van der Waals surface area contributed by atoms with Crippen LogP contribution in [0.3, 0.4) is 0 Å². The molecule has 1 aromatic carbocycles. The second kappa shape index (κ2) is 5.31. The summed E-state index contributed by atoms with van der Waals surface area (Å²) in [6, 6.07) is 5.37. The summed E-state index contributed by atoms with van der Waals surface area (Å²) >= 11 is 1.27. The van der Waals surface area contributed by atoms with E-state index in [9.17, 15) is 4.79 Å². The van der Waals surface area contributed by atoms with Gasteiger partial charge in [-0.25, -0.2) is 0 Å². The molecule has 0 fully saturated rings. The lowest BCUT2D eigenvalue weighted by atomic mass is 10.1. The monoisotopic (exact) mass is 278 g/mol. The number of nitrogens with two attached hydrogens (primary N) is 1. The smallest absolute Gasteiger partial charge is 0.299 e. The zero-order valence-corrected chi connectivity index (χ0v) is 11.7. The third-order valence-corrected chi connectivity index (χ3v) is 3.36. The van der Waals surface area contributed by atoms with Gasteiger partial charge in [-0.2, -0.15) is 4.68 Å². The summed E-state index contributed by atoms with van der Waals surface area (Å²) in [5.41, 5.74) is 1.44. The van der Waals surface area contributed by atoms with Gasteiger partial charge >= 0.3 is 0 Å². The fourth-order valence-corrected chi connectivity index (χ4v) is 2.13. The Morgan fingerprint density at radius 1 is 1.37 bits per heavy atom. The second-order valence-electron chi connectivity index (χ2n) is 3.89. The molecule has 2 aromatic rings. The lowest BCUT2D eigenvalue weighted by Gasteiger charge is -2.08. The predicted molar refractivity (Wildman–Crippen MR) is 74.9 cm³/mol. The van der Waals surface area contributed by atoms with E-state index in [4.69, 9.17) is 10.6 Å². The number of nitrogen functional groups attached to an aromatic ring is 1. The summed E-state index contributed by atoms with van der Waals surface area (Å²) < 4.78 is 6.19. The van der Waals surface area contributed by atoms with Gasteiger partial charge < -0.3 is 10.6 Å². The summed E-state index contributed by atoms with van der Waals surface area (Å²) in [5.74, 6) is 6.44. The fourth-order valence-electron chi connectivity index (χ4n) is 1.73. The molecular formula is C12H14N4O2S. The molecule has 0 aliphatic heterocycles. The molecule has 7 heteroatoms. The van der Waals surface area contributed by atoms with Crippen molar-refractivity contribution in [2.75, 3.05) is 19.2 Å². The van der Waals surface area contributed by atoms with Crippen LogP contribution < -0.4 is 16.1 Å². The molecule has 0 saturated heterocycles. The van der Waals surface area contributed by atoms with E-state index in [0.717, 1.165) is 16.0 Å². The molecule has 6 nitrogen and oxygen atoms in total. The van der Waals surface area contributed by atoms with Gasteiger partial charge in [-0.15, -0.1) is 10.2 Å². The Morgan fingerprint density at radius 3 is 2.68 bits per heavy atom. The molecule has 0 atom stereocenters. The van der Waals surface area contributed by atoms with Crippen LogP contribution in [0.15, 0.2) is 28.2 Å². The summed E-state index contributed by atoms with van der Waals surface area (Å²) in [4.78, 5) is 12.1. The molecule has 0 aliphatic carbocycles. The number of methoxy groups -OCH3 is 1. The van der Waals surface area contributed by atoms with Crippen molar-refractivity contribution in [1.29, 1.82) is 0 Å². The van der Waals surface area contributed by atoms with Crippen LogP contribution in [0.2, 0.25) is 0 Å². The third-order valence-electron chi connectivity index (χ3n) is 2.71. The van der Waals surface area contributed by atoms with Gasteiger partial charge in [0.25, 0.3) is 5.56 Å². The van der Waals surface area contributed by atoms with Gasteiger partial charge in [-0.1, -0.05) is 11.8 Å². The molecular weight excluding hydrogens is 264 g/mol. The van der Waals surface area contributed by atoms with Crippen molar-refractivity contribution in [3.8, 4) is 17.0 Å². The zero-order valence-electron chi connectivity index (χ0n) is 10.9. The topological polar surface area (TPSA) is 83.0 Å². The fraction of sp³-hybridized carbons (Fsp3) is 0.250. The molecule has 0 bridgehead atoms. The van der Waals surface area contributed by atoms with E-state index < -0.39 is 0 Å². The zero-order chi connectivity index (χ0) is 14.0. The first-order chi connectivity index (χ1) is 9.08. The van der Waals surface area contributed by atoms with Gasteiger partial charge in [0, 0.05) is 5.56 Å². The van der Waals surface area contributed by atoms with Crippen LogP contribution in [0.25, 0.3) is 11.3 Å². The number of aryl methyl sites for hydroxylation is 1. The van der Waals surface area contributed by atoms with E-state index in [1.165, 1.54) is 11.8 Å². The van der Waals surface area contributed by atoms with E-state index in [0.29, 0.717) is 10.7 Å². The van der Waals surface area contributed by atoms with Gasteiger partial charge in [0.1, 0.15) is 5.75 Å². The molecule has 100 valence electrons. The number of hydrogen-bond acceptors (Lipinski definition) is 6. The number of rotatable bonds is 3. The first kappa shape index (κ1) is 13.4. The Hall–Kier alpha value is -2.02. The van der Waals surface area contributed by atoms with Crippen molar-refractivity contribution in [2.24, 2.45) is 0 Å². The highest BCUT2D eigenvalue weighted by molar-refractivity contribution is 7.98. The molecule has 2 rings (SSSR count). The van der Waals surface area contributed by atoms with Crippen molar-refractivity contribution in [3.63, 3.8) is 0 Å². The van der Waals surface area contributed by atoms with Gasteiger partial charge in [-0.3, -0.25) is 4.79 Å². The van der Waals surface area contributed by atoms with E-state index in [1.54, 1.807) is 25.5 Å². The Labute approximate surface area is 114 Å². The van der Waals surface area contributed by atoms with E-state index in [2.05, 4.69) is 10.2 Å². The summed E-state index contributed by atoms with van der Waals surface area (Å²) in [6.07, 6.45) is 1.78. The lowest BCUT2D eigenvalue weighted by Crippen LogP contribution is -2.31. The minimum Gasteiger partial charge on any atom is -0.496 e. The highest BCUT2D eigenvalue weighted by Crippen LogP contribution is 2.23. The van der Waals surface area contributed by atoms with Crippen molar-refractivity contribution in [1.82, 2.24) is 14.9 Å². The molecule has 1 heterocycles. The number of nitrogens with zero attached hydrogens (tertiary/aromatic N) is 3. The molecule has 19 heavy (non-hydrogen) atoms. The summed E-state index contributed by atoms with van der Waals surface area (Å²) in [7, 11) is 1.60. The average molecular weight is 278 g/mol. The average Bonchev–Trinajstić information content (AvgIpc) is 2.41. The molecule has 0 radical (unpaired) electrons. The van der Waals surface area contributed by atoms with Gasteiger partial charge in [-0.05, 0) is 36.9 Å². The van der Waals surface area contributed by atoms with Gasteiger partial charge in [0.2, 0.25) is 5.16 Å². The highest BCUT2D eigenvalue weighted by atomic mass is 32.2. The number of thioether (sulfide) groups is 1. The largest absolute Gasteiger partial charge is 0.496 e. The van der Waals surface area contributed by atoms with Crippen LogP contribution in [0.5, 0.6) is 5.75 Å². The SMILES string of the molecule is COc1ccc(-c2nnc(SC)n(N)c2=O)cc1C. The van der Waals surface area contributed by atoms with E-state index in [-0.39, 0.29) is 11.3 Å². The Bertz CT molecular complexity index is 669. The van der Waals surface area contributed by atoms with Crippen molar-refractivity contribution in [3.05, 3.63) is 34.1 Å². The van der Waals surface area contributed by atoms with Crippen LogP contribution in [0, 0.1) is 6.92 Å². The number of benzene rings is 1. The van der Waals surface area contributed by atoms with Crippen LogP contribution in [0.4, 0.5) is 0 Å². The van der Waals surface area contributed by atoms with Crippen molar-refractivity contribution in [2.45, 2.75) is 12.1 Å². The maximum atomic E-state index is 12.1. The van der Waals surface area contributed by atoms with Crippen molar-refractivity contribution >= 4 is 11.8 Å². The number of ether oxygens (including phenoxy) is 1. The minimum absolute atomic E-state index is 0.228. The lowest BCUT2D eigenvalue weighted by molar-refractivity contribution is 0.412. The Morgan fingerprint density at radius 2 is 2.11 bits per heavy atom. The molecule has 0 aliphatic rings. The second-order valence-corrected chi connectivity index (χ2v) is 4.67. The van der Waals surface area contributed by atoms with E-state index >= 15 is 0 Å². The molecule has 2 N–H and O–H groups in total. The molecule has 0 amide bonds. The Kier molecular flexibility index (Phi) is 3.75. The van der Waals surface area contributed by atoms with Gasteiger partial charge in [0.05, 0.1) is 7.11 Å². The van der Waals surface area contributed by atoms with Crippen LogP contribution >= 0.6 is 11.8 Å². The highest BCUT2D eigenvalue weighted by Gasteiger charge is 2.12. The van der Waals surface area contributed by atoms with Crippen LogP contribution in [0.1, 0.15) is 5.56 Å². The minimum atomic E-state index is -0.371. The normalized spacial score (nSPS) is 10.5. The molecule has 1 aromatic heterocycles. The van der Waals surface area contributed by atoms with Crippen LogP contribution in [-0.4, -0.2) is 28.2 Å². The first-order valence-electron chi connectivity index (χ1n) is 5.52. The summed E-state index contributed by atoms with van der Waals surface area (Å²) in [6.45, 7) is 1.90. The van der Waals surface area contributed by atoms with Crippen molar-refractivity contribution < 1.29 is 4.74 Å². The van der Waals surface area contributed by atoms with Gasteiger partial charge in [0.15, 0.2) is 5.69 Å². The summed E-state index contributed by atoms with van der Waals surface area (Å²) in [5, 5.41) is 8.25. The first-order valence-corrected chi connectivity index (χ1v) is 6.74. The predicted octanol–water partition coefficient (Wildman–Crippen LogP) is 1.06. The maximum Gasteiger partial charge on any atom is 0.299 e.